The number of halogens is 2. The molecule has 2 aromatic carbocycles. The van der Waals surface area contributed by atoms with Gasteiger partial charge in [-0.25, -0.2) is 0 Å². The lowest BCUT2D eigenvalue weighted by molar-refractivity contribution is -0.127. The van der Waals surface area contributed by atoms with E-state index in [0.717, 1.165) is 5.56 Å². The molecular formula is C21H25Cl2N3O3. The minimum atomic E-state index is -0.509. The van der Waals surface area contributed by atoms with E-state index in [1.54, 1.807) is 68.4 Å². The van der Waals surface area contributed by atoms with Crippen molar-refractivity contribution >= 4 is 40.7 Å². The van der Waals surface area contributed by atoms with Gasteiger partial charge in [-0.05, 0) is 62.9 Å². The van der Waals surface area contributed by atoms with E-state index in [-0.39, 0.29) is 24.4 Å². The molecule has 0 bridgehead atoms. The van der Waals surface area contributed by atoms with Gasteiger partial charge in [-0.3, -0.25) is 14.5 Å². The predicted octanol–water partition coefficient (Wildman–Crippen LogP) is 4.14. The van der Waals surface area contributed by atoms with Crippen molar-refractivity contribution in [1.82, 2.24) is 10.2 Å². The second-order valence-corrected chi connectivity index (χ2v) is 7.61. The zero-order valence-corrected chi connectivity index (χ0v) is 18.3. The summed E-state index contributed by atoms with van der Waals surface area (Å²) in [5, 5.41) is 6.74. The Kier molecular flexibility index (Phi) is 8.32. The Morgan fingerprint density at radius 1 is 1.10 bits per heavy atom. The SMILES string of the molecule is COc1ccc(NC(=O)CN(C)C(C)C(=O)NC(C)c2ccc(Cl)cc2Cl)cc1. The monoisotopic (exact) mass is 437 g/mol. The average Bonchev–Trinajstić information content (AvgIpc) is 2.67. The summed E-state index contributed by atoms with van der Waals surface area (Å²) in [6.45, 7) is 3.65. The number of nitrogens with one attached hydrogen (secondary N) is 2. The van der Waals surface area contributed by atoms with E-state index in [9.17, 15) is 9.59 Å². The van der Waals surface area contributed by atoms with Crippen molar-refractivity contribution in [3.05, 3.63) is 58.1 Å². The van der Waals surface area contributed by atoms with E-state index in [2.05, 4.69) is 10.6 Å². The molecule has 156 valence electrons. The first-order valence-corrected chi connectivity index (χ1v) is 9.86. The molecule has 2 atom stereocenters. The second kappa shape index (κ2) is 10.5. The smallest absolute Gasteiger partial charge is 0.238 e. The molecule has 0 radical (unpaired) electrons. The third kappa shape index (κ3) is 6.63. The van der Waals surface area contributed by atoms with Crippen LogP contribution in [0.5, 0.6) is 5.75 Å². The molecular weight excluding hydrogens is 413 g/mol. The van der Waals surface area contributed by atoms with Crippen molar-refractivity contribution in [2.45, 2.75) is 25.9 Å². The number of ether oxygens (including phenoxy) is 1. The van der Waals surface area contributed by atoms with Crippen LogP contribution in [0.1, 0.15) is 25.5 Å². The maximum absolute atomic E-state index is 12.6. The van der Waals surface area contributed by atoms with Crippen LogP contribution >= 0.6 is 23.2 Å². The standard InChI is InChI=1S/C21H25Cl2N3O3/c1-13(18-10-5-15(22)11-19(18)23)24-21(28)14(2)26(3)12-20(27)25-16-6-8-17(29-4)9-7-16/h5-11,13-14H,12H2,1-4H3,(H,24,28)(H,25,27). The van der Waals surface area contributed by atoms with Crippen molar-refractivity contribution in [3.8, 4) is 5.75 Å². The number of anilines is 1. The minimum absolute atomic E-state index is 0.0662. The number of methoxy groups -OCH3 is 1. The summed E-state index contributed by atoms with van der Waals surface area (Å²) in [5.41, 5.74) is 1.43. The molecule has 29 heavy (non-hydrogen) atoms. The van der Waals surface area contributed by atoms with Crippen LogP contribution in [0, 0.1) is 0 Å². The van der Waals surface area contributed by atoms with Crippen molar-refractivity contribution in [2.24, 2.45) is 0 Å². The molecule has 0 heterocycles. The molecule has 6 nitrogen and oxygen atoms in total. The molecule has 2 N–H and O–H groups in total. The average molecular weight is 438 g/mol. The lowest BCUT2D eigenvalue weighted by Gasteiger charge is -2.25. The van der Waals surface area contributed by atoms with Gasteiger partial charge in [0.1, 0.15) is 5.75 Å². The highest BCUT2D eigenvalue weighted by atomic mass is 35.5. The number of benzene rings is 2. The Labute approximate surface area is 181 Å². The number of hydrogen-bond acceptors (Lipinski definition) is 4. The summed E-state index contributed by atoms with van der Waals surface area (Å²) in [6.07, 6.45) is 0. The van der Waals surface area contributed by atoms with Crippen LogP contribution in [-0.2, 0) is 9.59 Å². The number of amides is 2. The van der Waals surface area contributed by atoms with Gasteiger partial charge in [-0.2, -0.15) is 0 Å². The number of hydrogen-bond donors (Lipinski definition) is 2. The van der Waals surface area contributed by atoms with E-state index in [4.69, 9.17) is 27.9 Å². The summed E-state index contributed by atoms with van der Waals surface area (Å²) >= 11 is 12.1. The summed E-state index contributed by atoms with van der Waals surface area (Å²) in [5.74, 6) is 0.287. The molecule has 2 aromatic rings. The quantitative estimate of drug-likeness (QED) is 0.650. The maximum atomic E-state index is 12.6. The number of nitrogens with zero attached hydrogens (tertiary/aromatic N) is 1. The van der Waals surface area contributed by atoms with E-state index in [0.29, 0.717) is 21.5 Å². The molecule has 2 rings (SSSR count). The minimum Gasteiger partial charge on any atom is -0.497 e. The molecule has 0 aromatic heterocycles. The number of carbonyl (C=O) groups is 2. The second-order valence-electron chi connectivity index (χ2n) is 6.76. The summed E-state index contributed by atoms with van der Waals surface area (Å²) in [4.78, 5) is 26.5. The molecule has 8 heteroatoms. The Balaban J connectivity index is 1.89. The van der Waals surface area contributed by atoms with Crippen molar-refractivity contribution in [3.63, 3.8) is 0 Å². The fourth-order valence-electron chi connectivity index (χ4n) is 2.70. The van der Waals surface area contributed by atoms with Gasteiger partial charge in [0.25, 0.3) is 0 Å². The van der Waals surface area contributed by atoms with Gasteiger partial charge < -0.3 is 15.4 Å². The van der Waals surface area contributed by atoms with Crippen LogP contribution in [0.3, 0.4) is 0 Å². The normalized spacial score (nSPS) is 12.9. The largest absolute Gasteiger partial charge is 0.497 e. The Hall–Kier alpha value is -2.28. The molecule has 0 spiro atoms. The van der Waals surface area contributed by atoms with E-state index in [1.165, 1.54) is 0 Å². The van der Waals surface area contributed by atoms with Gasteiger partial charge >= 0.3 is 0 Å². The van der Waals surface area contributed by atoms with E-state index in [1.807, 2.05) is 6.92 Å². The highest BCUT2D eigenvalue weighted by molar-refractivity contribution is 6.35. The van der Waals surface area contributed by atoms with E-state index < -0.39 is 6.04 Å². The lowest BCUT2D eigenvalue weighted by Crippen LogP contribution is -2.46. The van der Waals surface area contributed by atoms with Gasteiger partial charge in [0, 0.05) is 15.7 Å². The Bertz CT molecular complexity index is 859. The van der Waals surface area contributed by atoms with Crippen molar-refractivity contribution in [1.29, 1.82) is 0 Å². The first-order valence-electron chi connectivity index (χ1n) is 9.10. The Morgan fingerprint density at radius 2 is 1.76 bits per heavy atom. The molecule has 2 amide bonds. The third-order valence-corrected chi connectivity index (χ3v) is 5.16. The fourth-order valence-corrected chi connectivity index (χ4v) is 3.28. The van der Waals surface area contributed by atoms with E-state index >= 15 is 0 Å². The topological polar surface area (TPSA) is 70.7 Å². The van der Waals surface area contributed by atoms with Crippen LogP contribution in [0.2, 0.25) is 10.0 Å². The molecule has 0 aliphatic heterocycles. The number of likely N-dealkylation sites (N-methyl/N-ethyl adjacent to an activating group) is 1. The third-order valence-electron chi connectivity index (χ3n) is 4.60. The van der Waals surface area contributed by atoms with Crippen LogP contribution < -0.4 is 15.4 Å². The molecule has 0 aliphatic rings. The van der Waals surface area contributed by atoms with Gasteiger partial charge in [0.05, 0.1) is 25.7 Å². The Morgan fingerprint density at radius 3 is 2.34 bits per heavy atom. The van der Waals surface area contributed by atoms with Crippen LogP contribution in [0.4, 0.5) is 5.69 Å². The first-order chi connectivity index (χ1) is 13.7. The predicted molar refractivity (Wildman–Crippen MR) is 117 cm³/mol. The molecule has 0 saturated heterocycles. The van der Waals surface area contributed by atoms with Crippen molar-refractivity contribution in [2.75, 3.05) is 26.0 Å². The van der Waals surface area contributed by atoms with Crippen molar-refractivity contribution < 1.29 is 14.3 Å². The summed E-state index contributed by atoms with van der Waals surface area (Å²) < 4.78 is 5.09. The maximum Gasteiger partial charge on any atom is 0.238 e. The zero-order valence-electron chi connectivity index (χ0n) is 16.8. The highest BCUT2D eigenvalue weighted by Gasteiger charge is 2.22. The van der Waals surface area contributed by atoms with Crippen LogP contribution in [0.25, 0.3) is 0 Å². The van der Waals surface area contributed by atoms with Gasteiger partial charge in [0.15, 0.2) is 0 Å². The van der Waals surface area contributed by atoms with Gasteiger partial charge in [0.2, 0.25) is 11.8 Å². The highest BCUT2D eigenvalue weighted by Crippen LogP contribution is 2.26. The number of carbonyl (C=O) groups excluding carboxylic acids is 2. The molecule has 0 fully saturated rings. The fraction of sp³-hybridized carbons (Fsp3) is 0.333. The first kappa shape index (κ1) is 23.0. The van der Waals surface area contributed by atoms with Gasteiger partial charge in [-0.15, -0.1) is 0 Å². The van der Waals surface area contributed by atoms with Crippen LogP contribution in [-0.4, -0.2) is 43.5 Å². The summed E-state index contributed by atoms with van der Waals surface area (Å²) in [7, 11) is 3.30. The number of rotatable bonds is 8. The molecule has 0 saturated carbocycles. The van der Waals surface area contributed by atoms with Gasteiger partial charge in [-0.1, -0.05) is 29.3 Å². The lowest BCUT2D eigenvalue weighted by atomic mass is 10.1. The van der Waals surface area contributed by atoms with Crippen LogP contribution in [0.15, 0.2) is 42.5 Å². The molecule has 2 unspecified atom stereocenters. The molecule has 0 aliphatic carbocycles. The zero-order chi connectivity index (χ0) is 21.6. The summed E-state index contributed by atoms with van der Waals surface area (Å²) in [6, 6.07) is 11.4.